The summed E-state index contributed by atoms with van der Waals surface area (Å²) in [5, 5.41) is 23.0. The number of hydrogen-bond acceptors (Lipinski definition) is 6. The molecule has 0 saturated carbocycles. The Labute approximate surface area is 251 Å². The van der Waals surface area contributed by atoms with Gasteiger partial charge in [-0.25, -0.2) is 4.79 Å². The van der Waals surface area contributed by atoms with E-state index in [0.717, 1.165) is 57.5 Å². The molecule has 5 N–H and O–H groups in total. The van der Waals surface area contributed by atoms with Crippen LogP contribution < -0.4 is 26.0 Å². The number of benzene rings is 2. The van der Waals surface area contributed by atoms with Crippen molar-refractivity contribution < 1.29 is 19.4 Å². The number of amides is 3. The van der Waals surface area contributed by atoms with Crippen LogP contribution in [0.15, 0.2) is 48.5 Å². The molecule has 1 saturated heterocycles. The molecule has 0 radical (unpaired) electrons. The third-order valence-electron chi connectivity index (χ3n) is 7.48. The van der Waals surface area contributed by atoms with Gasteiger partial charge >= 0.3 is 6.03 Å². The number of nitrogens with one attached hydrogen (secondary N) is 4. The van der Waals surface area contributed by atoms with E-state index < -0.39 is 6.10 Å². The van der Waals surface area contributed by atoms with Crippen molar-refractivity contribution in [2.24, 2.45) is 0 Å². The third-order valence-corrected chi connectivity index (χ3v) is 7.48. The average Bonchev–Trinajstić information content (AvgIpc) is 2.99. The van der Waals surface area contributed by atoms with Crippen LogP contribution in [0.25, 0.3) is 0 Å². The Morgan fingerprint density at radius 3 is 2.45 bits per heavy atom. The van der Waals surface area contributed by atoms with Gasteiger partial charge in [0.2, 0.25) is 5.91 Å². The fourth-order valence-corrected chi connectivity index (χ4v) is 5.06. The number of likely N-dealkylation sites (tertiary alicyclic amines) is 1. The van der Waals surface area contributed by atoms with Crippen molar-refractivity contribution in [2.45, 2.75) is 83.8 Å². The number of ether oxygens (including phenoxy) is 1. The molecule has 0 bridgehead atoms. The Kier molecular flexibility index (Phi) is 15.0. The molecule has 42 heavy (non-hydrogen) atoms. The third kappa shape index (κ3) is 13.1. The summed E-state index contributed by atoms with van der Waals surface area (Å²) in [5.74, 6) is 0.461. The molecule has 0 aliphatic carbocycles. The molecule has 3 amide bonds. The topological polar surface area (TPSA) is 115 Å². The second kappa shape index (κ2) is 19.0. The zero-order valence-corrected chi connectivity index (χ0v) is 25.5. The van der Waals surface area contributed by atoms with E-state index in [1.54, 1.807) is 24.3 Å². The van der Waals surface area contributed by atoms with Crippen LogP contribution in [-0.4, -0.2) is 73.4 Å². The number of aliphatic hydroxyl groups is 1. The second-order valence-electron chi connectivity index (χ2n) is 11.2. The predicted molar refractivity (Wildman–Crippen MR) is 170 cm³/mol. The monoisotopic (exact) mass is 581 g/mol. The molecular weight excluding hydrogens is 530 g/mol. The maximum Gasteiger partial charge on any atom is 0.317 e. The lowest BCUT2D eigenvalue weighted by atomic mass is 10.0. The summed E-state index contributed by atoms with van der Waals surface area (Å²) in [6.07, 6.45) is 9.50. The summed E-state index contributed by atoms with van der Waals surface area (Å²) >= 11 is 0. The van der Waals surface area contributed by atoms with Crippen molar-refractivity contribution in [2.75, 3.05) is 50.0 Å². The predicted octanol–water partition coefficient (Wildman–Crippen LogP) is 5.16. The standard InChI is InChI=1S/C33H51N5O4/c1-3-4-5-6-7-8-19-35-33(41)38-21-17-29(18-22-38)37-28-14-12-27(13-15-28)16-20-34-24-31(40)25-42-32-11-9-10-30(23-32)36-26(2)39/h9-15,23,29,31,34,37,40H,3-8,16-22,24-25H2,1-2H3,(H,35,41)(H,36,39)/t31-/m0/s1. The highest BCUT2D eigenvalue weighted by Crippen LogP contribution is 2.19. The van der Waals surface area contributed by atoms with Crippen LogP contribution in [0.5, 0.6) is 5.75 Å². The van der Waals surface area contributed by atoms with Gasteiger partial charge in [-0.3, -0.25) is 4.79 Å². The van der Waals surface area contributed by atoms with Crippen LogP contribution in [0, 0.1) is 0 Å². The maximum atomic E-state index is 12.5. The average molecular weight is 582 g/mol. The number of piperidine rings is 1. The number of aliphatic hydroxyl groups excluding tert-OH is 1. The molecule has 0 aromatic heterocycles. The molecule has 2 aromatic rings. The largest absolute Gasteiger partial charge is 0.491 e. The van der Waals surface area contributed by atoms with Crippen molar-refractivity contribution in [3.05, 3.63) is 54.1 Å². The number of unbranched alkanes of at least 4 members (excludes halogenated alkanes) is 5. The summed E-state index contributed by atoms with van der Waals surface area (Å²) in [6, 6.07) is 16.1. The van der Waals surface area contributed by atoms with Crippen LogP contribution in [0.3, 0.4) is 0 Å². The zero-order chi connectivity index (χ0) is 30.0. The molecule has 1 fully saturated rings. The SMILES string of the molecule is CCCCCCCCNC(=O)N1CCC(Nc2ccc(CCNC[C@H](O)COc3cccc(NC(C)=O)c3)cc2)CC1. The molecule has 1 atom stereocenters. The molecule has 1 heterocycles. The van der Waals surface area contributed by atoms with Gasteiger partial charge in [0.05, 0.1) is 0 Å². The molecule has 2 aromatic carbocycles. The molecule has 1 aliphatic heterocycles. The maximum absolute atomic E-state index is 12.5. The van der Waals surface area contributed by atoms with Gasteiger partial charge < -0.3 is 36.0 Å². The zero-order valence-electron chi connectivity index (χ0n) is 25.5. The Morgan fingerprint density at radius 2 is 1.71 bits per heavy atom. The first kappa shape index (κ1) is 33.2. The Balaban J connectivity index is 1.24. The smallest absolute Gasteiger partial charge is 0.317 e. The van der Waals surface area contributed by atoms with Gasteiger partial charge in [0, 0.05) is 56.6 Å². The van der Waals surface area contributed by atoms with Crippen molar-refractivity contribution in [3.8, 4) is 5.75 Å². The summed E-state index contributed by atoms with van der Waals surface area (Å²) < 4.78 is 5.66. The molecule has 0 spiro atoms. The molecule has 1 aliphatic rings. The van der Waals surface area contributed by atoms with Crippen molar-refractivity contribution in [1.29, 1.82) is 0 Å². The highest BCUT2D eigenvalue weighted by atomic mass is 16.5. The molecule has 9 nitrogen and oxygen atoms in total. The van der Waals surface area contributed by atoms with Crippen LogP contribution in [0.2, 0.25) is 0 Å². The van der Waals surface area contributed by atoms with E-state index in [2.05, 4.69) is 52.5 Å². The second-order valence-corrected chi connectivity index (χ2v) is 11.2. The van der Waals surface area contributed by atoms with Gasteiger partial charge in [0.25, 0.3) is 0 Å². The van der Waals surface area contributed by atoms with Gasteiger partial charge in [0.15, 0.2) is 0 Å². The first-order valence-corrected chi connectivity index (χ1v) is 15.7. The summed E-state index contributed by atoms with van der Waals surface area (Å²) in [7, 11) is 0. The van der Waals surface area contributed by atoms with E-state index >= 15 is 0 Å². The lowest BCUT2D eigenvalue weighted by Crippen LogP contribution is -2.47. The van der Waals surface area contributed by atoms with Crippen LogP contribution in [0.4, 0.5) is 16.2 Å². The number of hydrogen-bond donors (Lipinski definition) is 5. The Bertz CT molecular complexity index is 1060. The lowest BCUT2D eigenvalue weighted by Gasteiger charge is -2.33. The first-order valence-electron chi connectivity index (χ1n) is 15.7. The lowest BCUT2D eigenvalue weighted by molar-refractivity contribution is -0.114. The quantitative estimate of drug-likeness (QED) is 0.155. The number of carbonyl (C=O) groups excluding carboxylic acids is 2. The van der Waals surface area contributed by atoms with Gasteiger partial charge in [-0.05, 0) is 62.1 Å². The van der Waals surface area contributed by atoms with Gasteiger partial charge in [0.1, 0.15) is 18.5 Å². The van der Waals surface area contributed by atoms with Crippen LogP contribution >= 0.6 is 0 Å². The molecule has 0 unspecified atom stereocenters. The Morgan fingerprint density at radius 1 is 0.976 bits per heavy atom. The van der Waals surface area contributed by atoms with E-state index in [4.69, 9.17) is 4.74 Å². The molecule has 9 heteroatoms. The molecule has 232 valence electrons. The van der Waals surface area contributed by atoms with Crippen molar-refractivity contribution >= 4 is 23.3 Å². The highest BCUT2D eigenvalue weighted by molar-refractivity contribution is 5.88. The fraction of sp³-hybridized carbons (Fsp3) is 0.576. The number of anilines is 2. The summed E-state index contributed by atoms with van der Waals surface area (Å²) in [5.41, 5.74) is 3.00. The fourth-order valence-electron chi connectivity index (χ4n) is 5.06. The molecular formula is C33H51N5O4. The van der Waals surface area contributed by atoms with Crippen molar-refractivity contribution in [1.82, 2.24) is 15.5 Å². The number of carbonyl (C=O) groups is 2. The van der Waals surface area contributed by atoms with E-state index in [0.29, 0.717) is 24.0 Å². The van der Waals surface area contributed by atoms with Crippen LogP contribution in [0.1, 0.15) is 70.8 Å². The van der Waals surface area contributed by atoms with E-state index in [1.165, 1.54) is 44.6 Å². The number of nitrogens with zero attached hydrogens (tertiary/aromatic N) is 1. The van der Waals surface area contributed by atoms with Crippen LogP contribution in [-0.2, 0) is 11.2 Å². The normalized spacial score (nSPS) is 14.3. The number of rotatable bonds is 18. The Hall–Kier alpha value is -3.30. The van der Waals surface area contributed by atoms with E-state index in [-0.39, 0.29) is 18.5 Å². The minimum Gasteiger partial charge on any atom is -0.491 e. The minimum atomic E-state index is -0.640. The summed E-state index contributed by atoms with van der Waals surface area (Å²) in [4.78, 5) is 25.6. The molecule has 3 rings (SSSR count). The van der Waals surface area contributed by atoms with Gasteiger partial charge in [-0.2, -0.15) is 0 Å². The first-order chi connectivity index (χ1) is 20.4. The highest BCUT2D eigenvalue weighted by Gasteiger charge is 2.22. The van der Waals surface area contributed by atoms with Crippen molar-refractivity contribution in [3.63, 3.8) is 0 Å². The van der Waals surface area contributed by atoms with Gasteiger partial charge in [-0.1, -0.05) is 57.2 Å². The minimum absolute atomic E-state index is 0.0773. The van der Waals surface area contributed by atoms with Gasteiger partial charge in [-0.15, -0.1) is 0 Å². The summed E-state index contributed by atoms with van der Waals surface area (Å²) in [6.45, 7) is 7.37. The van der Waals surface area contributed by atoms with E-state index in [1.807, 2.05) is 4.90 Å². The number of urea groups is 1. The van der Waals surface area contributed by atoms with E-state index in [9.17, 15) is 14.7 Å².